The predicted octanol–water partition coefficient (Wildman–Crippen LogP) is 6.10. The van der Waals surface area contributed by atoms with E-state index in [4.69, 9.17) is 4.74 Å². The maximum Gasteiger partial charge on any atom is 0.140 e. The van der Waals surface area contributed by atoms with Gasteiger partial charge in [0.15, 0.2) is 0 Å². The van der Waals surface area contributed by atoms with Crippen molar-refractivity contribution in [3.8, 4) is 5.75 Å². The Morgan fingerprint density at radius 2 is 1.97 bits per heavy atom. The molecule has 3 heteroatoms. The fraction of sp³-hybridized carbons (Fsp3) is 0.741. The van der Waals surface area contributed by atoms with Crippen molar-refractivity contribution in [2.75, 3.05) is 0 Å². The summed E-state index contributed by atoms with van der Waals surface area (Å²) in [5, 5.41) is 10.2. The molecule has 1 N–H and O–H groups in total. The summed E-state index contributed by atoms with van der Waals surface area (Å²) < 4.78 is 6.49. The van der Waals surface area contributed by atoms with Gasteiger partial charge in [-0.2, -0.15) is 0 Å². The highest BCUT2D eigenvalue weighted by molar-refractivity contribution is 5.27. The molecule has 4 aliphatic carbocycles. The summed E-state index contributed by atoms with van der Waals surface area (Å²) in [5.74, 6) is 3.99. The molecule has 164 valence electrons. The standard InChI is InChI=1S/C27H39NO2/c1-17-25(6-5-15-28-17)30-18(2)22-9-10-23-21-8-7-19-16-20(29)11-13-26(19,3)24(21)12-14-27(22,23)4/h5-7,15,18,20-24,29H,8-14,16H2,1-4H3/t18-,20-,21-,22+,23-,24-,26-,27+/m0/s1. The highest BCUT2D eigenvalue weighted by Gasteiger charge is 2.59. The topological polar surface area (TPSA) is 42.4 Å². The summed E-state index contributed by atoms with van der Waals surface area (Å²) in [5.41, 5.74) is 3.28. The number of ether oxygens (including phenoxy) is 1. The van der Waals surface area contributed by atoms with Crippen LogP contribution in [0.15, 0.2) is 30.0 Å². The predicted molar refractivity (Wildman–Crippen MR) is 120 cm³/mol. The van der Waals surface area contributed by atoms with Crippen molar-refractivity contribution >= 4 is 0 Å². The van der Waals surface area contributed by atoms with E-state index in [1.807, 2.05) is 19.2 Å². The number of aromatic nitrogens is 1. The van der Waals surface area contributed by atoms with Crippen molar-refractivity contribution in [2.24, 2.45) is 34.5 Å². The molecular formula is C27H39NO2. The number of aliphatic hydroxyl groups excluding tert-OH is 1. The highest BCUT2D eigenvalue weighted by Crippen LogP contribution is 2.66. The average Bonchev–Trinajstić information content (AvgIpc) is 3.07. The molecule has 8 atom stereocenters. The monoisotopic (exact) mass is 409 g/mol. The molecule has 3 fully saturated rings. The lowest BCUT2D eigenvalue weighted by Gasteiger charge is -2.58. The number of fused-ring (bicyclic) bond motifs is 5. The van der Waals surface area contributed by atoms with Gasteiger partial charge in [-0.15, -0.1) is 0 Å². The lowest BCUT2D eigenvalue weighted by Crippen LogP contribution is -2.51. The van der Waals surface area contributed by atoms with E-state index in [1.54, 1.807) is 5.57 Å². The fourth-order valence-corrected chi connectivity index (χ4v) is 8.33. The van der Waals surface area contributed by atoms with Gasteiger partial charge in [0.1, 0.15) is 5.75 Å². The minimum Gasteiger partial charge on any atom is -0.489 e. The molecule has 0 aromatic carbocycles. The highest BCUT2D eigenvalue weighted by atomic mass is 16.5. The maximum atomic E-state index is 10.2. The second-order valence-corrected chi connectivity index (χ2v) is 11.3. The molecule has 0 amide bonds. The van der Waals surface area contributed by atoms with Gasteiger partial charge in [0.25, 0.3) is 0 Å². The van der Waals surface area contributed by atoms with Gasteiger partial charge in [-0.3, -0.25) is 4.98 Å². The summed E-state index contributed by atoms with van der Waals surface area (Å²) in [6.07, 6.45) is 14.1. The van der Waals surface area contributed by atoms with Crippen LogP contribution >= 0.6 is 0 Å². The van der Waals surface area contributed by atoms with Crippen LogP contribution in [0.4, 0.5) is 0 Å². The minimum absolute atomic E-state index is 0.112. The summed E-state index contributed by atoms with van der Waals surface area (Å²) in [7, 11) is 0. The molecule has 1 aromatic rings. The van der Waals surface area contributed by atoms with Crippen LogP contribution in [0.5, 0.6) is 5.75 Å². The number of allylic oxidation sites excluding steroid dienone is 1. The van der Waals surface area contributed by atoms with E-state index in [9.17, 15) is 5.11 Å². The number of pyridine rings is 1. The first-order valence-electron chi connectivity index (χ1n) is 12.3. The van der Waals surface area contributed by atoms with Crippen LogP contribution in [-0.4, -0.2) is 22.3 Å². The van der Waals surface area contributed by atoms with Gasteiger partial charge in [-0.05, 0) is 106 Å². The van der Waals surface area contributed by atoms with E-state index in [2.05, 4.69) is 37.9 Å². The Kier molecular flexibility index (Phi) is 5.04. The molecule has 0 aliphatic heterocycles. The third kappa shape index (κ3) is 3.06. The molecule has 30 heavy (non-hydrogen) atoms. The van der Waals surface area contributed by atoms with E-state index in [-0.39, 0.29) is 12.2 Å². The first kappa shape index (κ1) is 20.5. The lowest BCUT2D eigenvalue weighted by molar-refractivity contribution is -0.0644. The molecule has 5 rings (SSSR count). The van der Waals surface area contributed by atoms with Crippen LogP contribution in [0, 0.1) is 41.4 Å². The van der Waals surface area contributed by atoms with Crippen LogP contribution in [0.2, 0.25) is 0 Å². The van der Waals surface area contributed by atoms with E-state index >= 15 is 0 Å². The average molecular weight is 410 g/mol. The van der Waals surface area contributed by atoms with Crippen molar-refractivity contribution < 1.29 is 9.84 Å². The Hall–Kier alpha value is -1.35. The van der Waals surface area contributed by atoms with Crippen molar-refractivity contribution in [2.45, 2.75) is 91.3 Å². The first-order chi connectivity index (χ1) is 14.3. The quantitative estimate of drug-likeness (QED) is 0.614. The molecule has 0 radical (unpaired) electrons. The Labute approximate surface area is 182 Å². The minimum atomic E-state index is -0.112. The number of aryl methyl sites for hydroxylation is 1. The molecule has 0 spiro atoms. The van der Waals surface area contributed by atoms with Crippen LogP contribution in [0.25, 0.3) is 0 Å². The number of aliphatic hydroxyl groups is 1. The Morgan fingerprint density at radius 1 is 1.13 bits per heavy atom. The zero-order valence-corrected chi connectivity index (χ0v) is 19.2. The lowest BCUT2D eigenvalue weighted by atomic mass is 9.47. The smallest absolute Gasteiger partial charge is 0.140 e. The molecule has 1 aromatic heterocycles. The second-order valence-electron chi connectivity index (χ2n) is 11.3. The third-order valence-electron chi connectivity index (χ3n) is 9.99. The number of nitrogens with zero attached hydrogens (tertiary/aromatic N) is 1. The molecule has 0 saturated heterocycles. The normalized spacial score (nSPS) is 43.8. The maximum absolute atomic E-state index is 10.2. The van der Waals surface area contributed by atoms with E-state index in [1.165, 1.54) is 38.5 Å². The van der Waals surface area contributed by atoms with Gasteiger partial charge < -0.3 is 9.84 Å². The van der Waals surface area contributed by atoms with Crippen molar-refractivity contribution in [3.05, 3.63) is 35.7 Å². The SMILES string of the molecule is Cc1ncccc1O[C@@H](C)[C@H]1CC[C@H]2[C@@H]3CC=C4C[C@@H](O)CC[C@]4(C)[C@H]3CC[C@]12C. The van der Waals surface area contributed by atoms with Gasteiger partial charge in [0.2, 0.25) is 0 Å². The summed E-state index contributed by atoms with van der Waals surface area (Å²) in [6, 6.07) is 4.05. The van der Waals surface area contributed by atoms with E-state index in [0.29, 0.717) is 16.7 Å². The van der Waals surface area contributed by atoms with Crippen molar-refractivity contribution in [3.63, 3.8) is 0 Å². The first-order valence-corrected chi connectivity index (χ1v) is 12.3. The van der Waals surface area contributed by atoms with Crippen LogP contribution in [0.3, 0.4) is 0 Å². The largest absolute Gasteiger partial charge is 0.489 e. The molecule has 4 aliphatic rings. The molecular weight excluding hydrogens is 370 g/mol. The number of rotatable bonds is 3. The molecule has 3 nitrogen and oxygen atoms in total. The summed E-state index contributed by atoms with van der Waals surface area (Å²) in [6.45, 7) is 9.43. The van der Waals surface area contributed by atoms with Crippen molar-refractivity contribution in [1.29, 1.82) is 0 Å². The number of hydrogen-bond donors (Lipinski definition) is 1. The fourth-order valence-electron chi connectivity index (χ4n) is 8.33. The van der Waals surface area contributed by atoms with Crippen molar-refractivity contribution in [1.82, 2.24) is 4.98 Å². The molecule has 1 heterocycles. The van der Waals surface area contributed by atoms with Gasteiger partial charge in [0, 0.05) is 12.1 Å². The van der Waals surface area contributed by atoms with Crippen LogP contribution in [0.1, 0.15) is 77.8 Å². The van der Waals surface area contributed by atoms with Gasteiger partial charge in [-0.25, -0.2) is 0 Å². The Bertz CT molecular complexity index is 834. The van der Waals surface area contributed by atoms with E-state index in [0.717, 1.165) is 42.0 Å². The molecule has 0 unspecified atom stereocenters. The third-order valence-corrected chi connectivity index (χ3v) is 9.99. The summed E-state index contributed by atoms with van der Waals surface area (Å²) >= 11 is 0. The van der Waals surface area contributed by atoms with Gasteiger partial charge >= 0.3 is 0 Å². The van der Waals surface area contributed by atoms with Crippen LogP contribution < -0.4 is 4.74 Å². The second kappa shape index (κ2) is 7.36. The van der Waals surface area contributed by atoms with Crippen LogP contribution in [-0.2, 0) is 0 Å². The Morgan fingerprint density at radius 3 is 2.77 bits per heavy atom. The Balaban J connectivity index is 1.37. The zero-order chi connectivity index (χ0) is 21.1. The molecule has 0 bridgehead atoms. The zero-order valence-electron chi connectivity index (χ0n) is 19.2. The molecule has 3 saturated carbocycles. The van der Waals surface area contributed by atoms with Gasteiger partial charge in [0.05, 0.1) is 17.9 Å². The summed E-state index contributed by atoms with van der Waals surface area (Å²) in [4.78, 5) is 4.41. The number of hydrogen-bond acceptors (Lipinski definition) is 3. The van der Waals surface area contributed by atoms with E-state index < -0.39 is 0 Å². The van der Waals surface area contributed by atoms with Gasteiger partial charge in [-0.1, -0.05) is 25.5 Å².